The molecule has 2 unspecified atom stereocenters. The van der Waals surface area contributed by atoms with Crippen molar-refractivity contribution in [3.05, 3.63) is 40.4 Å². The van der Waals surface area contributed by atoms with Crippen LogP contribution in [0, 0.1) is 0 Å². The van der Waals surface area contributed by atoms with Crippen molar-refractivity contribution < 1.29 is 22.7 Å². The molecule has 1 aliphatic rings. The Morgan fingerprint density at radius 2 is 1.97 bits per heavy atom. The van der Waals surface area contributed by atoms with Crippen molar-refractivity contribution in [2.24, 2.45) is 0 Å². The van der Waals surface area contributed by atoms with Crippen LogP contribution >= 0.6 is 11.3 Å². The number of amides is 1. The molecule has 3 aromatic rings. The first-order chi connectivity index (χ1) is 17.1. The minimum atomic E-state index is -4.53. The van der Waals surface area contributed by atoms with E-state index in [2.05, 4.69) is 25.4 Å². The van der Waals surface area contributed by atoms with Crippen LogP contribution in [-0.4, -0.2) is 61.3 Å². The highest BCUT2D eigenvalue weighted by Gasteiger charge is 2.39. The van der Waals surface area contributed by atoms with E-state index in [0.717, 1.165) is 6.07 Å². The molecule has 0 radical (unpaired) electrons. The molecule has 2 atom stereocenters. The van der Waals surface area contributed by atoms with Crippen LogP contribution in [0.25, 0.3) is 11.1 Å². The zero-order chi connectivity index (χ0) is 26.0. The first-order valence-electron chi connectivity index (χ1n) is 11.7. The molecule has 4 rings (SSSR count). The summed E-state index contributed by atoms with van der Waals surface area (Å²) in [5.74, 6) is 0.488. The number of carbonyl (C=O) groups is 1. The van der Waals surface area contributed by atoms with Gasteiger partial charge in [-0.15, -0.1) is 11.3 Å². The third-order valence-electron chi connectivity index (χ3n) is 5.80. The Morgan fingerprint density at radius 3 is 2.58 bits per heavy atom. The number of thiophene rings is 1. The molecule has 0 spiro atoms. The van der Waals surface area contributed by atoms with E-state index in [-0.39, 0.29) is 30.4 Å². The fraction of sp³-hybridized carbons (Fsp3) is 0.522. The van der Waals surface area contributed by atoms with Gasteiger partial charge in [-0.25, -0.2) is 19.6 Å². The van der Waals surface area contributed by atoms with Gasteiger partial charge in [-0.3, -0.25) is 4.79 Å². The summed E-state index contributed by atoms with van der Waals surface area (Å²) < 4.78 is 48.0. The molecule has 4 heterocycles. The van der Waals surface area contributed by atoms with Gasteiger partial charge < -0.3 is 15.0 Å². The van der Waals surface area contributed by atoms with Crippen LogP contribution in [0.2, 0.25) is 0 Å². The molecule has 36 heavy (non-hydrogen) atoms. The minimum absolute atomic E-state index is 0.0560. The number of halogens is 3. The fourth-order valence-electron chi connectivity index (χ4n) is 4.12. The summed E-state index contributed by atoms with van der Waals surface area (Å²) in [6.07, 6.45) is -0.137. The number of nitrogens with one attached hydrogen (secondary N) is 1. The average Bonchev–Trinajstić information content (AvgIpc) is 3.47. The molecule has 3 aromatic heterocycles. The average molecular weight is 524 g/mol. The molecule has 0 saturated carbocycles. The number of alkyl halides is 3. The predicted octanol–water partition coefficient (Wildman–Crippen LogP) is 3.90. The van der Waals surface area contributed by atoms with Crippen molar-refractivity contribution in [1.82, 2.24) is 34.9 Å². The number of carbonyl (C=O) groups excluding carboxylic acids is 1. The maximum absolute atomic E-state index is 13.8. The monoisotopic (exact) mass is 523 g/mol. The van der Waals surface area contributed by atoms with Gasteiger partial charge in [0.2, 0.25) is 5.91 Å². The minimum Gasteiger partial charge on any atom is -0.464 e. The van der Waals surface area contributed by atoms with Crippen molar-refractivity contribution in [2.75, 3.05) is 19.7 Å². The van der Waals surface area contributed by atoms with E-state index in [1.807, 2.05) is 20.8 Å². The number of piperazine rings is 1. The first-order valence-corrected chi connectivity index (χ1v) is 12.5. The van der Waals surface area contributed by atoms with E-state index in [4.69, 9.17) is 4.74 Å². The Hall–Kier alpha value is -3.06. The van der Waals surface area contributed by atoms with Gasteiger partial charge in [-0.2, -0.15) is 18.3 Å². The molecule has 0 aliphatic carbocycles. The van der Waals surface area contributed by atoms with E-state index in [1.165, 1.54) is 23.4 Å². The van der Waals surface area contributed by atoms with Crippen LogP contribution in [0.5, 0.6) is 6.01 Å². The van der Waals surface area contributed by atoms with Gasteiger partial charge >= 0.3 is 12.2 Å². The Balaban J connectivity index is 1.71. The Kier molecular flexibility index (Phi) is 7.59. The lowest BCUT2D eigenvalue weighted by Crippen LogP contribution is -2.54. The zero-order valence-electron chi connectivity index (χ0n) is 20.4. The van der Waals surface area contributed by atoms with Crippen LogP contribution in [0.1, 0.15) is 55.2 Å². The van der Waals surface area contributed by atoms with Crippen molar-refractivity contribution >= 4 is 17.2 Å². The second-order valence-corrected chi connectivity index (χ2v) is 9.94. The second kappa shape index (κ2) is 10.5. The normalized spacial score (nSPS) is 18.6. The molecule has 0 aromatic carbocycles. The van der Waals surface area contributed by atoms with E-state index in [1.54, 1.807) is 11.8 Å². The second-order valence-electron chi connectivity index (χ2n) is 8.85. The number of hydrogen-bond donors (Lipinski definition) is 1. The number of rotatable bonds is 7. The lowest BCUT2D eigenvalue weighted by atomic mass is 10.0. The highest BCUT2D eigenvalue weighted by Crippen LogP contribution is 2.45. The van der Waals surface area contributed by atoms with Crippen molar-refractivity contribution in [3.8, 4) is 17.1 Å². The van der Waals surface area contributed by atoms with Crippen LogP contribution in [0.4, 0.5) is 13.2 Å². The fourth-order valence-corrected chi connectivity index (χ4v) is 5.27. The SMILES string of the molecule is CCOc1ncc(-c2cc(C(F)(F)F)sc2C2CNCC(C)N2C(=O)Cn2cnc(C(C)C)n2)cn1. The highest BCUT2D eigenvalue weighted by atomic mass is 32.1. The predicted molar refractivity (Wildman–Crippen MR) is 128 cm³/mol. The molecule has 0 bridgehead atoms. The van der Waals surface area contributed by atoms with Crippen LogP contribution in [0.15, 0.2) is 24.8 Å². The van der Waals surface area contributed by atoms with Gasteiger partial charge in [0.1, 0.15) is 17.7 Å². The molecule has 1 fully saturated rings. The summed E-state index contributed by atoms with van der Waals surface area (Å²) in [6, 6.07) is 0.391. The Morgan fingerprint density at radius 1 is 1.25 bits per heavy atom. The third-order valence-corrected chi connectivity index (χ3v) is 7.08. The van der Waals surface area contributed by atoms with Gasteiger partial charge in [0.15, 0.2) is 5.82 Å². The standard InChI is InChI=1S/C23H28F3N7O2S/c1-5-35-22-28-8-15(9-29-22)16-6-18(23(24,25)26)36-20(16)17-10-27-7-14(4)33(17)19(34)11-32-12-30-21(31-32)13(2)3/h6,8-9,12-14,17,27H,5,7,10-11H2,1-4H3. The number of nitrogens with zero attached hydrogens (tertiary/aromatic N) is 6. The maximum atomic E-state index is 13.8. The zero-order valence-corrected chi connectivity index (χ0v) is 21.2. The lowest BCUT2D eigenvalue weighted by Gasteiger charge is -2.41. The smallest absolute Gasteiger partial charge is 0.425 e. The summed E-state index contributed by atoms with van der Waals surface area (Å²) >= 11 is 0.639. The number of hydrogen-bond acceptors (Lipinski definition) is 8. The van der Waals surface area contributed by atoms with E-state index in [9.17, 15) is 18.0 Å². The molecular formula is C23H28F3N7O2S. The molecule has 194 valence electrons. The summed E-state index contributed by atoms with van der Waals surface area (Å²) in [5, 5.41) is 7.61. The summed E-state index contributed by atoms with van der Waals surface area (Å²) in [7, 11) is 0. The van der Waals surface area contributed by atoms with Gasteiger partial charge in [0, 0.05) is 53.4 Å². The Bertz CT molecular complexity index is 1190. The van der Waals surface area contributed by atoms with Crippen LogP contribution in [0.3, 0.4) is 0 Å². The molecule has 9 nitrogen and oxygen atoms in total. The molecular weight excluding hydrogens is 495 g/mol. The molecule has 1 aliphatic heterocycles. The van der Waals surface area contributed by atoms with Crippen molar-refractivity contribution in [3.63, 3.8) is 0 Å². The summed E-state index contributed by atoms with van der Waals surface area (Å²) in [4.78, 5) is 27.3. The molecule has 1 N–H and O–H groups in total. The van der Waals surface area contributed by atoms with E-state index >= 15 is 0 Å². The Labute approximate surface area is 210 Å². The van der Waals surface area contributed by atoms with Gasteiger partial charge in [-0.05, 0) is 19.9 Å². The molecule has 1 saturated heterocycles. The first kappa shape index (κ1) is 26.0. The summed E-state index contributed by atoms with van der Waals surface area (Å²) in [5.41, 5.74) is 0.764. The maximum Gasteiger partial charge on any atom is 0.425 e. The van der Waals surface area contributed by atoms with E-state index in [0.29, 0.717) is 52.9 Å². The molecule has 1 amide bonds. The van der Waals surface area contributed by atoms with Gasteiger partial charge in [-0.1, -0.05) is 13.8 Å². The van der Waals surface area contributed by atoms with Gasteiger partial charge in [0.25, 0.3) is 0 Å². The van der Waals surface area contributed by atoms with Crippen molar-refractivity contribution in [1.29, 1.82) is 0 Å². The van der Waals surface area contributed by atoms with Crippen LogP contribution in [-0.2, 0) is 17.5 Å². The van der Waals surface area contributed by atoms with Crippen molar-refractivity contribution in [2.45, 2.75) is 58.4 Å². The quantitative estimate of drug-likeness (QED) is 0.502. The molecule has 13 heteroatoms. The number of ether oxygens (including phenoxy) is 1. The number of aromatic nitrogens is 5. The third kappa shape index (κ3) is 5.51. The summed E-state index contributed by atoms with van der Waals surface area (Å²) in [6.45, 7) is 8.72. The van der Waals surface area contributed by atoms with E-state index < -0.39 is 17.1 Å². The topological polar surface area (TPSA) is 98.1 Å². The van der Waals surface area contributed by atoms with Crippen LogP contribution < -0.4 is 10.1 Å². The van der Waals surface area contributed by atoms with Gasteiger partial charge in [0.05, 0.1) is 12.6 Å². The largest absolute Gasteiger partial charge is 0.464 e. The lowest BCUT2D eigenvalue weighted by molar-refractivity contribution is -0.138. The highest BCUT2D eigenvalue weighted by molar-refractivity contribution is 7.12.